The van der Waals surface area contributed by atoms with E-state index < -0.39 is 12.6 Å². The normalized spacial score (nSPS) is 24.6. The number of rotatable bonds is 4. The Morgan fingerprint density at radius 1 is 1.25 bits per heavy atom. The van der Waals surface area contributed by atoms with E-state index in [4.69, 9.17) is 0 Å². The minimum absolute atomic E-state index is 0.123. The van der Waals surface area contributed by atoms with E-state index in [-0.39, 0.29) is 6.54 Å². The van der Waals surface area contributed by atoms with E-state index in [1.807, 2.05) is 11.9 Å². The summed E-state index contributed by atoms with van der Waals surface area (Å²) >= 11 is 0. The summed E-state index contributed by atoms with van der Waals surface area (Å²) in [6, 6.07) is 0. The average Bonchev–Trinajstić information content (AvgIpc) is 2.36. The van der Waals surface area contributed by atoms with Crippen molar-refractivity contribution in [2.24, 2.45) is 16.8 Å². The summed E-state index contributed by atoms with van der Waals surface area (Å²) in [6.45, 7) is 3.01. The quantitative estimate of drug-likeness (QED) is 0.636. The lowest BCUT2D eigenvalue weighted by Gasteiger charge is -2.31. The molecule has 0 spiro atoms. The molecule has 3 nitrogen and oxygen atoms in total. The minimum Gasteiger partial charge on any atom is -0.356 e. The summed E-state index contributed by atoms with van der Waals surface area (Å²) in [5.41, 5.74) is 0. The number of alkyl halides is 3. The number of guanidine groups is 1. The molecule has 1 saturated carbocycles. The molecular formula is C14H26F3N3. The molecule has 0 aromatic heterocycles. The van der Waals surface area contributed by atoms with E-state index in [2.05, 4.69) is 17.2 Å². The zero-order valence-corrected chi connectivity index (χ0v) is 12.6. The van der Waals surface area contributed by atoms with Crippen molar-refractivity contribution in [2.45, 2.75) is 45.2 Å². The summed E-state index contributed by atoms with van der Waals surface area (Å²) in [6.07, 6.45) is -0.0575. The zero-order valence-electron chi connectivity index (χ0n) is 12.6. The number of hydrogen-bond acceptors (Lipinski definition) is 1. The summed E-state index contributed by atoms with van der Waals surface area (Å²) in [4.78, 5) is 5.99. The number of nitrogens with one attached hydrogen (secondary N) is 1. The molecule has 118 valence electrons. The van der Waals surface area contributed by atoms with Gasteiger partial charge in [0.05, 0.1) is 6.42 Å². The number of halogens is 3. The number of nitrogens with zero attached hydrogens (tertiary/aromatic N) is 2. The van der Waals surface area contributed by atoms with Crippen molar-refractivity contribution >= 4 is 5.96 Å². The third-order valence-corrected chi connectivity index (χ3v) is 3.93. The Kier molecular flexibility index (Phi) is 6.62. The van der Waals surface area contributed by atoms with Gasteiger partial charge in [0.15, 0.2) is 5.96 Å². The van der Waals surface area contributed by atoms with Crippen molar-refractivity contribution in [3.05, 3.63) is 0 Å². The standard InChI is InChI=1S/C14H26F3N3/c1-11-4-6-12(7-5-11)10-20(3)13(18-2)19-9-8-14(15,16)17/h11-12H,4-10H2,1-3H3,(H,18,19). The first-order valence-corrected chi connectivity index (χ1v) is 7.30. The second-order valence-corrected chi connectivity index (χ2v) is 5.85. The lowest BCUT2D eigenvalue weighted by molar-refractivity contribution is -0.132. The molecule has 0 amide bonds. The first-order chi connectivity index (χ1) is 9.31. The van der Waals surface area contributed by atoms with Crippen LogP contribution < -0.4 is 5.32 Å². The number of aliphatic imine (C=N–C) groups is 1. The van der Waals surface area contributed by atoms with Crippen LogP contribution in [-0.2, 0) is 0 Å². The molecule has 1 aliphatic rings. The van der Waals surface area contributed by atoms with Gasteiger partial charge in [0.25, 0.3) is 0 Å². The fourth-order valence-electron chi connectivity index (χ4n) is 2.69. The summed E-state index contributed by atoms with van der Waals surface area (Å²) in [7, 11) is 3.50. The van der Waals surface area contributed by atoms with Crippen molar-refractivity contribution < 1.29 is 13.2 Å². The second kappa shape index (κ2) is 7.74. The average molecular weight is 293 g/mol. The SMILES string of the molecule is CN=C(NCCC(F)(F)F)N(C)CC1CCC(C)CC1. The van der Waals surface area contributed by atoms with Crippen LogP contribution >= 0.6 is 0 Å². The third-order valence-electron chi connectivity index (χ3n) is 3.93. The molecule has 0 saturated heterocycles. The van der Waals surface area contributed by atoms with Crippen LogP contribution in [0.15, 0.2) is 4.99 Å². The van der Waals surface area contributed by atoms with Gasteiger partial charge in [-0.3, -0.25) is 4.99 Å². The molecule has 0 unspecified atom stereocenters. The number of hydrogen-bond donors (Lipinski definition) is 1. The predicted molar refractivity (Wildman–Crippen MR) is 75.8 cm³/mol. The minimum atomic E-state index is -4.12. The summed E-state index contributed by atoms with van der Waals surface area (Å²) in [5.74, 6) is 1.98. The molecule has 1 rings (SSSR count). The van der Waals surface area contributed by atoms with Crippen LogP contribution in [0.2, 0.25) is 0 Å². The van der Waals surface area contributed by atoms with Crippen molar-refractivity contribution in [1.29, 1.82) is 0 Å². The van der Waals surface area contributed by atoms with Gasteiger partial charge in [-0.2, -0.15) is 13.2 Å². The van der Waals surface area contributed by atoms with Crippen molar-refractivity contribution in [3.63, 3.8) is 0 Å². The largest absolute Gasteiger partial charge is 0.390 e. The molecule has 6 heteroatoms. The molecule has 20 heavy (non-hydrogen) atoms. The lowest BCUT2D eigenvalue weighted by Crippen LogP contribution is -2.42. The molecule has 0 aromatic rings. The Labute approximate surface area is 119 Å². The van der Waals surface area contributed by atoms with Gasteiger partial charge in [0.1, 0.15) is 0 Å². The first-order valence-electron chi connectivity index (χ1n) is 7.30. The van der Waals surface area contributed by atoms with Gasteiger partial charge >= 0.3 is 6.18 Å². The van der Waals surface area contributed by atoms with Crippen LogP contribution in [0.1, 0.15) is 39.0 Å². The molecule has 0 radical (unpaired) electrons. The highest BCUT2D eigenvalue weighted by Gasteiger charge is 2.27. The van der Waals surface area contributed by atoms with Gasteiger partial charge in [0.2, 0.25) is 0 Å². The highest BCUT2D eigenvalue weighted by Crippen LogP contribution is 2.28. The fourth-order valence-corrected chi connectivity index (χ4v) is 2.69. The van der Waals surface area contributed by atoms with Crippen molar-refractivity contribution in [1.82, 2.24) is 10.2 Å². The summed E-state index contributed by atoms with van der Waals surface area (Å²) in [5, 5.41) is 2.78. The molecule has 0 atom stereocenters. The molecule has 1 fully saturated rings. The second-order valence-electron chi connectivity index (χ2n) is 5.85. The van der Waals surface area contributed by atoms with Crippen molar-refractivity contribution in [3.8, 4) is 0 Å². The Bertz CT molecular complexity index is 307. The maximum Gasteiger partial charge on any atom is 0.390 e. The van der Waals surface area contributed by atoms with Crippen LogP contribution in [0.25, 0.3) is 0 Å². The Balaban J connectivity index is 2.33. The monoisotopic (exact) mass is 293 g/mol. The summed E-state index contributed by atoms with van der Waals surface area (Å²) < 4.78 is 36.4. The maximum atomic E-state index is 12.1. The fraction of sp³-hybridized carbons (Fsp3) is 0.929. The van der Waals surface area contributed by atoms with E-state index in [9.17, 15) is 13.2 Å². The lowest BCUT2D eigenvalue weighted by atomic mass is 9.83. The van der Waals surface area contributed by atoms with Crippen LogP contribution in [0.5, 0.6) is 0 Å². The zero-order chi connectivity index (χ0) is 15.2. The van der Waals surface area contributed by atoms with Crippen LogP contribution in [0.4, 0.5) is 13.2 Å². The van der Waals surface area contributed by atoms with Crippen LogP contribution in [0, 0.1) is 11.8 Å². The molecule has 0 heterocycles. The Hall–Kier alpha value is -0.940. The van der Waals surface area contributed by atoms with Crippen LogP contribution in [0.3, 0.4) is 0 Å². The van der Waals surface area contributed by atoms with Gasteiger partial charge in [-0.15, -0.1) is 0 Å². The molecular weight excluding hydrogens is 267 g/mol. The van der Waals surface area contributed by atoms with Crippen LogP contribution in [-0.4, -0.2) is 44.2 Å². The molecule has 1 N–H and O–H groups in total. The van der Waals surface area contributed by atoms with E-state index in [0.717, 1.165) is 12.5 Å². The maximum absolute atomic E-state index is 12.1. The molecule has 1 aliphatic carbocycles. The smallest absolute Gasteiger partial charge is 0.356 e. The topological polar surface area (TPSA) is 27.6 Å². The highest BCUT2D eigenvalue weighted by molar-refractivity contribution is 5.79. The van der Waals surface area contributed by atoms with E-state index in [1.165, 1.54) is 25.7 Å². The van der Waals surface area contributed by atoms with E-state index >= 15 is 0 Å². The molecule has 0 aliphatic heterocycles. The Morgan fingerprint density at radius 3 is 2.35 bits per heavy atom. The van der Waals surface area contributed by atoms with Gasteiger partial charge in [-0.25, -0.2) is 0 Å². The van der Waals surface area contributed by atoms with E-state index in [0.29, 0.717) is 11.9 Å². The van der Waals surface area contributed by atoms with Gasteiger partial charge in [-0.05, 0) is 24.7 Å². The molecule has 0 aromatic carbocycles. The van der Waals surface area contributed by atoms with Gasteiger partial charge in [0, 0.05) is 27.2 Å². The third kappa shape index (κ3) is 6.48. The molecule has 0 bridgehead atoms. The highest BCUT2D eigenvalue weighted by atomic mass is 19.4. The first kappa shape index (κ1) is 17.1. The van der Waals surface area contributed by atoms with Gasteiger partial charge < -0.3 is 10.2 Å². The predicted octanol–water partition coefficient (Wildman–Crippen LogP) is 3.27. The van der Waals surface area contributed by atoms with E-state index in [1.54, 1.807) is 7.05 Å². The Morgan fingerprint density at radius 2 is 1.85 bits per heavy atom. The van der Waals surface area contributed by atoms with Crippen molar-refractivity contribution in [2.75, 3.05) is 27.2 Å². The van der Waals surface area contributed by atoms with Gasteiger partial charge in [-0.1, -0.05) is 19.8 Å².